The highest BCUT2D eigenvalue weighted by molar-refractivity contribution is 14.1. The molecule has 0 aliphatic carbocycles. The first-order valence-corrected chi connectivity index (χ1v) is 54.6. The Balaban J connectivity index is 0.000000162. The van der Waals surface area contributed by atoms with Crippen molar-refractivity contribution in [3.8, 4) is 102 Å². The SMILES string of the molecule is CC(C)(CCCCBr)c1ccc2c(c1)OC(C)(C)c1ccc(Br)cc1-2.CCCCCC(C)C(C)c1ccc2c(c1)OC(C)(C)c1ccc(C(=O)O)cc1-2.CCCCCc1cc2c(c3c1CCO3)-c1cc(C(=O)O)ccc1C(C)(CC)O2.COc1c(I)c(C(C)(C)CCC(C)(C)C)cc2c1-c1cc(C(=O)O)ccc1C(C)(C)O2.COc1cc(C(C)C(C)CCCCC(F)(F)F)cc2c1-c1cc(C(=O)O)ccc1C(C)(C)O2. The number of benzene rings is 10. The number of methoxy groups -OCH3 is 2. The zero-order chi connectivity index (χ0) is 107. The second-order valence-corrected chi connectivity index (χ2v) is 47.7. The summed E-state index contributed by atoms with van der Waals surface area (Å²) in [5.41, 5.74) is 20.8. The molecule has 5 unspecified atom stereocenters. The van der Waals surface area contributed by atoms with E-state index in [9.17, 15) is 52.8 Å². The normalized spacial score (nSPS) is 16.4. The second kappa shape index (κ2) is 46.0. The maximum Gasteiger partial charge on any atom is 0.389 e. The molecule has 10 aromatic carbocycles. The molecule has 6 aliphatic rings. The number of alkyl halides is 4. The average molecular weight is 2230 g/mol. The van der Waals surface area contributed by atoms with Crippen molar-refractivity contribution in [3.63, 3.8) is 0 Å². The van der Waals surface area contributed by atoms with E-state index in [4.69, 9.17) is 37.9 Å². The Morgan fingerprint density at radius 2 is 0.890 bits per heavy atom. The predicted molar refractivity (Wildman–Crippen MR) is 592 cm³/mol. The van der Waals surface area contributed by atoms with Gasteiger partial charge in [-0.05, 0) is 329 Å². The van der Waals surface area contributed by atoms with Gasteiger partial charge < -0.3 is 58.3 Å². The Kier molecular flexibility index (Phi) is 36.0. The van der Waals surface area contributed by atoms with Crippen LogP contribution in [0.1, 0.15) is 383 Å². The Labute approximate surface area is 888 Å². The van der Waals surface area contributed by atoms with Gasteiger partial charge in [-0.15, -0.1) is 0 Å². The molecule has 0 fully saturated rings. The number of aromatic carboxylic acids is 4. The number of hydrogen-bond acceptors (Lipinski definition) is 12. The van der Waals surface area contributed by atoms with Crippen molar-refractivity contribution in [2.24, 2.45) is 17.3 Å². The van der Waals surface area contributed by atoms with Gasteiger partial charge in [0, 0.05) is 67.2 Å². The van der Waals surface area contributed by atoms with Crippen LogP contribution in [0, 0.1) is 20.8 Å². The molecule has 6 heterocycles. The second-order valence-electron chi connectivity index (χ2n) is 44.9. The van der Waals surface area contributed by atoms with Crippen LogP contribution in [0.3, 0.4) is 0 Å². The van der Waals surface area contributed by atoms with Crippen LogP contribution in [0.5, 0.6) is 46.0 Å². The molecule has 0 spiro atoms. The third kappa shape index (κ3) is 25.9. The van der Waals surface area contributed by atoms with Gasteiger partial charge in [-0.1, -0.05) is 241 Å². The third-order valence-corrected chi connectivity index (χ3v) is 32.6. The van der Waals surface area contributed by atoms with E-state index >= 15 is 0 Å². The van der Waals surface area contributed by atoms with Gasteiger partial charge >= 0.3 is 30.1 Å². The summed E-state index contributed by atoms with van der Waals surface area (Å²) >= 11 is 9.51. The van der Waals surface area contributed by atoms with Crippen LogP contribution < -0.4 is 37.9 Å². The standard InChI is InChI=1S/C26H31F3O4.C26H33IO4.C25H32O3.C24H28O4.C22H26Br2O/c1-15(8-6-7-11-26(27,28)29)16(2)18-13-21(32-5)23-19-12-17(24(30)31)9-10-20(19)25(3,4)33-22(23)14-18;1-24(2,3)11-12-25(4,5)18-14-19-20(22(30-8)21(18)27)16-13-15(23(28)29)9-10-17(16)26(6,7)31-19;1-6-7-8-9-16(2)17(3)18-10-12-20-21-14-19(24(26)27)11-13-22(21)25(4,5)28-23(20)15-18;1-4-6-7-8-15-14-20-21(22-17(15)11-12-27-22)18-13-16(23(25)26)9-10-19(18)24(3,5-2)28-20;1-21(2,11-5-6-12-23)15-7-9-17-18-14-16(24)8-10-19(18)22(3,4)25-20(17)13-15/h9-10,12-16H,6-8,11H2,1-5H3,(H,30,31);9-10,13-14H,11-12H2,1-8H3,(H,28,29);10-17H,6-9H2,1-5H3,(H,26,27);9-10,13-14H,4-8,11-12H2,1-3H3,(H,25,26);7-10,13-14H,5-6,11-12H2,1-4H3. The lowest BCUT2D eigenvalue weighted by Gasteiger charge is -2.38. The number of carbonyl (C=O) groups is 4. The van der Waals surface area contributed by atoms with Crippen LogP contribution in [-0.4, -0.2) is 76.6 Å². The number of hydrogen-bond donors (Lipinski definition) is 4. The first-order valence-electron chi connectivity index (χ1n) is 51.6. The monoisotopic (exact) mass is 2220 g/mol. The topological polar surface area (TPSA) is 223 Å². The van der Waals surface area contributed by atoms with Crippen molar-refractivity contribution >= 4 is 78.3 Å². The van der Waals surface area contributed by atoms with Crippen molar-refractivity contribution in [2.45, 2.75) is 338 Å². The van der Waals surface area contributed by atoms with Crippen LogP contribution in [0.4, 0.5) is 13.2 Å². The Morgan fingerprint density at radius 1 is 0.441 bits per heavy atom. The molecule has 4 N–H and O–H groups in total. The van der Waals surface area contributed by atoms with E-state index in [1.165, 1.54) is 102 Å². The fourth-order valence-electron chi connectivity index (χ4n) is 21.0. The molecule has 0 saturated heterocycles. The average Bonchev–Trinajstić information content (AvgIpc) is 1.69. The molecule has 22 heteroatoms. The minimum Gasteiger partial charge on any atom is -0.496 e. The molecule has 0 bridgehead atoms. The fraction of sp³-hybridized carbons (Fsp3) is 0.480. The molecular formula is C123H150Br2F3IO16. The van der Waals surface area contributed by atoms with Gasteiger partial charge in [0.2, 0.25) is 0 Å². The van der Waals surface area contributed by atoms with Crippen molar-refractivity contribution in [3.05, 3.63) is 243 Å². The molecule has 0 saturated carbocycles. The van der Waals surface area contributed by atoms with Gasteiger partial charge in [-0.25, -0.2) is 19.2 Å². The van der Waals surface area contributed by atoms with E-state index in [-0.39, 0.29) is 51.2 Å². The van der Waals surface area contributed by atoms with Crippen LogP contribution >= 0.6 is 54.5 Å². The van der Waals surface area contributed by atoms with E-state index in [1.807, 2.05) is 78.8 Å². The smallest absolute Gasteiger partial charge is 0.389 e. The van der Waals surface area contributed by atoms with Crippen LogP contribution in [0.15, 0.2) is 156 Å². The zero-order valence-corrected chi connectivity index (χ0v) is 94.9. The summed E-state index contributed by atoms with van der Waals surface area (Å²) in [6.45, 7) is 50.3. The van der Waals surface area contributed by atoms with Crippen LogP contribution in [0.25, 0.3) is 55.6 Å². The number of fused-ring (bicyclic) bond motifs is 17. The number of unbranched alkanes of at least 4 members (excludes halogenated alkanes) is 6. The van der Waals surface area contributed by atoms with Crippen molar-refractivity contribution in [1.29, 1.82) is 0 Å². The molecule has 0 amide bonds. The van der Waals surface area contributed by atoms with Crippen molar-refractivity contribution in [1.82, 2.24) is 0 Å². The van der Waals surface area contributed by atoms with Gasteiger partial charge in [0.1, 0.15) is 74.0 Å². The maximum absolute atomic E-state index is 12.4. The first kappa shape index (κ1) is 114. The molecule has 6 aliphatic heterocycles. The largest absolute Gasteiger partial charge is 0.496 e. The summed E-state index contributed by atoms with van der Waals surface area (Å²) in [7, 11) is 3.23. The van der Waals surface area contributed by atoms with Gasteiger partial charge in [0.25, 0.3) is 0 Å². The Hall–Kier alpha value is -10.0. The zero-order valence-electron chi connectivity index (χ0n) is 89.5. The van der Waals surface area contributed by atoms with Gasteiger partial charge in [-0.2, -0.15) is 13.2 Å². The molecule has 0 aromatic heterocycles. The Morgan fingerprint density at radius 3 is 1.40 bits per heavy atom. The molecule has 5 atom stereocenters. The number of carboxylic acids is 4. The lowest BCUT2D eigenvalue weighted by atomic mass is 9.75. The third-order valence-electron chi connectivity index (χ3n) is 30.4. The van der Waals surface area contributed by atoms with Gasteiger partial charge in [0.05, 0.1) is 63.3 Å². The van der Waals surface area contributed by atoms with Gasteiger partial charge in [-0.3, -0.25) is 0 Å². The molecular weight excluding hydrogens is 2080 g/mol. The summed E-state index contributed by atoms with van der Waals surface area (Å²) in [5.74, 6) is 3.82. The predicted octanol–water partition coefficient (Wildman–Crippen LogP) is 35.3. The Bertz CT molecular complexity index is 6410. The summed E-state index contributed by atoms with van der Waals surface area (Å²) in [4.78, 5) is 46.3. The fourth-order valence-corrected chi connectivity index (χ4v) is 23.1. The molecule has 0 radical (unpaired) electrons. The molecule has 10 aromatic rings. The lowest BCUT2D eigenvalue weighted by molar-refractivity contribution is -0.135. The number of halogens is 6. The molecule has 16 rings (SSSR count). The minimum atomic E-state index is -4.11. The summed E-state index contributed by atoms with van der Waals surface area (Å²) in [6, 6.07) is 48.8. The van der Waals surface area contributed by atoms with Crippen molar-refractivity contribution in [2.75, 3.05) is 26.2 Å². The highest BCUT2D eigenvalue weighted by atomic mass is 127. The summed E-state index contributed by atoms with van der Waals surface area (Å²) in [6.07, 6.45) is 13.6. The highest BCUT2D eigenvalue weighted by Gasteiger charge is 2.45. The highest BCUT2D eigenvalue weighted by Crippen LogP contribution is 2.59. The molecule has 145 heavy (non-hydrogen) atoms. The van der Waals surface area contributed by atoms with E-state index < -0.39 is 58.9 Å². The number of aryl methyl sites for hydroxylation is 1. The van der Waals surface area contributed by atoms with Crippen LogP contribution in [0.2, 0.25) is 0 Å². The lowest BCUT2D eigenvalue weighted by Crippen LogP contribution is -2.32. The summed E-state index contributed by atoms with van der Waals surface area (Å²) in [5, 5.41) is 39.0. The number of carboxylic acid groups (broad SMARTS) is 4. The van der Waals surface area contributed by atoms with E-state index in [1.54, 1.807) is 68.8 Å². The number of rotatable bonds is 31. The first-order chi connectivity index (χ1) is 68.0. The van der Waals surface area contributed by atoms with Crippen LogP contribution in [-0.2, 0) is 51.7 Å². The minimum absolute atomic E-state index is 0.0667. The number of ether oxygens (including phenoxy) is 8. The van der Waals surface area contributed by atoms with Gasteiger partial charge in [0.15, 0.2) is 0 Å². The van der Waals surface area contributed by atoms with E-state index in [0.717, 1.165) is 153 Å². The molecule has 780 valence electrons. The van der Waals surface area contributed by atoms with Crippen molar-refractivity contribution < 1.29 is 90.7 Å². The summed E-state index contributed by atoms with van der Waals surface area (Å²) < 4.78 is 89.3. The maximum atomic E-state index is 12.4. The van der Waals surface area contributed by atoms with E-state index in [0.29, 0.717) is 59.5 Å². The molecule has 16 nitrogen and oxygen atoms in total. The van der Waals surface area contributed by atoms with E-state index in [2.05, 4.69) is 232 Å². The quantitative estimate of drug-likeness (QED) is 0.0180.